The van der Waals surface area contributed by atoms with Crippen molar-refractivity contribution in [2.75, 3.05) is 23.9 Å². The molecule has 0 atom stereocenters. The highest BCUT2D eigenvalue weighted by Crippen LogP contribution is 2.29. The number of carbonyl (C=O) groups excluding carboxylic acids is 1. The van der Waals surface area contributed by atoms with E-state index in [0.29, 0.717) is 10.6 Å². The van der Waals surface area contributed by atoms with Crippen LogP contribution in [-0.4, -0.2) is 41.2 Å². The van der Waals surface area contributed by atoms with Gasteiger partial charge in [-0.15, -0.1) is 0 Å². The summed E-state index contributed by atoms with van der Waals surface area (Å²) in [5, 5.41) is 0.0583. The molecule has 0 aromatic heterocycles. The summed E-state index contributed by atoms with van der Waals surface area (Å²) in [5.41, 5.74) is 0.412. The first-order valence-corrected chi connectivity index (χ1v) is 9.61. The quantitative estimate of drug-likeness (QED) is 0.646. The number of hydrogen-bond donors (Lipinski definition) is 0. The van der Waals surface area contributed by atoms with Gasteiger partial charge in [0, 0.05) is 11.1 Å². The fourth-order valence-electron chi connectivity index (χ4n) is 2.22. The van der Waals surface area contributed by atoms with Crippen molar-refractivity contribution in [3.63, 3.8) is 0 Å². The van der Waals surface area contributed by atoms with Gasteiger partial charge in [0.25, 0.3) is 0 Å². The highest BCUT2D eigenvalue weighted by atomic mass is 32.2. The number of hydrogen-bond acceptors (Lipinski definition) is 3. The van der Waals surface area contributed by atoms with Gasteiger partial charge in [-0.3, -0.25) is 14.8 Å². The summed E-state index contributed by atoms with van der Waals surface area (Å²) in [7, 11) is 0. The summed E-state index contributed by atoms with van der Waals surface area (Å²) < 4.78 is 39.0. The average Bonchev–Trinajstić information content (AvgIpc) is 2.59. The number of nitrogens with zero attached hydrogens (tertiary/aromatic N) is 3. The Hall–Kier alpha value is -2.40. The molecule has 4 nitrogen and oxygen atoms in total. The third-order valence-electron chi connectivity index (χ3n) is 3.40. The summed E-state index contributed by atoms with van der Waals surface area (Å²) in [6.07, 6.45) is -1.24. The molecule has 1 heterocycles. The molecule has 0 spiro atoms. The molecule has 1 aliphatic rings. The van der Waals surface area contributed by atoms with E-state index in [1.807, 2.05) is 20.8 Å². The Kier molecular flexibility index (Phi) is 7.19. The van der Waals surface area contributed by atoms with Crippen molar-refractivity contribution in [1.29, 1.82) is 0 Å². The molecule has 0 saturated carbocycles. The minimum atomic E-state index is -4.52. The number of anilines is 1. The molecule has 28 heavy (non-hydrogen) atoms. The predicted molar refractivity (Wildman–Crippen MR) is 108 cm³/mol. The maximum Gasteiger partial charge on any atom is 0.406 e. The number of urea groups is 1. The number of amides is 2. The SMILES string of the molecule is CC(C)(C)C#CC=CCN=C1SCN(c2ccccc2)C(=O)N1CC(F)(F)F. The van der Waals surface area contributed by atoms with E-state index in [1.165, 1.54) is 4.90 Å². The smallest absolute Gasteiger partial charge is 0.284 e. The van der Waals surface area contributed by atoms with E-state index in [1.54, 1.807) is 42.5 Å². The Morgan fingerprint density at radius 1 is 1.21 bits per heavy atom. The Morgan fingerprint density at radius 2 is 1.89 bits per heavy atom. The van der Waals surface area contributed by atoms with Gasteiger partial charge < -0.3 is 0 Å². The molecule has 8 heteroatoms. The molecule has 0 radical (unpaired) electrons. The summed E-state index contributed by atoms with van der Waals surface area (Å²) >= 11 is 1.10. The van der Waals surface area contributed by atoms with E-state index in [0.717, 1.165) is 11.8 Å². The molecule has 0 N–H and O–H groups in total. The molecule has 2 rings (SSSR count). The van der Waals surface area contributed by atoms with E-state index in [2.05, 4.69) is 16.8 Å². The summed E-state index contributed by atoms with van der Waals surface area (Å²) in [6.45, 7) is 4.70. The second kappa shape index (κ2) is 9.20. The highest BCUT2D eigenvalue weighted by Gasteiger charge is 2.40. The van der Waals surface area contributed by atoms with Gasteiger partial charge in [0.15, 0.2) is 5.17 Å². The Morgan fingerprint density at radius 3 is 2.50 bits per heavy atom. The van der Waals surface area contributed by atoms with E-state index in [4.69, 9.17) is 0 Å². The number of aliphatic imine (C=N–C) groups is 1. The maximum absolute atomic E-state index is 13.0. The van der Waals surface area contributed by atoms with Crippen molar-refractivity contribution in [3.05, 3.63) is 42.5 Å². The summed E-state index contributed by atoms with van der Waals surface area (Å²) in [4.78, 5) is 18.8. The van der Waals surface area contributed by atoms with Crippen LogP contribution in [0.1, 0.15) is 20.8 Å². The number of para-hydroxylation sites is 1. The minimum Gasteiger partial charge on any atom is -0.284 e. The van der Waals surface area contributed by atoms with Gasteiger partial charge in [-0.2, -0.15) is 13.2 Å². The number of benzene rings is 1. The topological polar surface area (TPSA) is 35.9 Å². The van der Waals surface area contributed by atoms with Crippen LogP contribution in [0.4, 0.5) is 23.7 Å². The van der Waals surface area contributed by atoms with Gasteiger partial charge in [-0.05, 0) is 39.0 Å². The van der Waals surface area contributed by atoms with Crippen molar-refractivity contribution in [2.24, 2.45) is 10.4 Å². The molecule has 1 saturated heterocycles. The summed E-state index contributed by atoms with van der Waals surface area (Å²) in [6, 6.07) is 7.87. The lowest BCUT2D eigenvalue weighted by atomic mass is 9.98. The number of allylic oxidation sites excluding steroid dienone is 1. The van der Waals surface area contributed by atoms with E-state index >= 15 is 0 Å². The van der Waals surface area contributed by atoms with Crippen LogP contribution in [0.25, 0.3) is 0 Å². The van der Waals surface area contributed by atoms with Crippen LogP contribution in [0.5, 0.6) is 0 Å². The molecule has 0 bridgehead atoms. The molecule has 0 unspecified atom stereocenters. The zero-order chi connectivity index (χ0) is 20.8. The second-order valence-electron chi connectivity index (χ2n) is 7.07. The lowest BCUT2D eigenvalue weighted by Gasteiger charge is -2.36. The van der Waals surface area contributed by atoms with Gasteiger partial charge in [0.2, 0.25) is 0 Å². The van der Waals surface area contributed by atoms with Gasteiger partial charge >= 0.3 is 12.2 Å². The first-order valence-electron chi connectivity index (χ1n) is 8.63. The van der Waals surface area contributed by atoms with Crippen LogP contribution in [0.3, 0.4) is 0 Å². The Bertz CT molecular complexity index is 802. The van der Waals surface area contributed by atoms with E-state index in [9.17, 15) is 18.0 Å². The van der Waals surface area contributed by atoms with Crippen LogP contribution >= 0.6 is 11.8 Å². The van der Waals surface area contributed by atoms with Crippen molar-refractivity contribution in [2.45, 2.75) is 26.9 Å². The van der Waals surface area contributed by atoms with Gasteiger partial charge in [-0.1, -0.05) is 47.9 Å². The molecular weight excluding hydrogens is 387 g/mol. The molecule has 2 amide bonds. The molecule has 1 aromatic rings. The fourth-order valence-corrected chi connectivity index (χ4v) is 3.19. The van der Waals surface area contributed by atoms with Crippen LogP contribution in [0.15, 0.2) is 47.5 Å². The average molecular weight is 409 g/mol. The molecule has 0 aliphatic carbocycles. The first kappa shape index (κ1) is 21.9. The molecular formula is C20H22F3N3OS. The lowest BCUT2D eigenvalue weighted by molar-refractivity contribution is -0.133. The van der Waals surface area contributed by atoms with Crippen molar-refractivity contribution < 1.29 is 18.0 Å². The minimum absolute atomic E-state index is 0.0583. The predicted octanol–water partition coefficient (Wildman–Crippen LogP) is 5.14. The van der Waals surface area contributed by atoms with Crippen molar-refractivity contribution in [3.8, 4) is 11.8 Å². The zero-order valence-corrected chi connectivity index (χ0v) is 16.8. The van der Waals surface area contributed by atoms with E-state index in [-0.39, 0.29) is 23.0 Å². The van der Waals surface area contributed by atoms with Gasteiger partial charge in [0.1, 0.15) is 6.54 Å². The largest absolute Gasteiger partial charge is 0.406 e. The fraction of sp³-hybridized carbons (Fsp3) is 0.400. The number of amidine groups is 1. The maximum atomic E-state index is 13.0. The highest BCUT2D eigenvalue weighted by molar-refractivity contribution is 8.14. The number of halogens is 3. The third kappa shape index (κ3) is 6.97. The van der Waals surface area contributed by atoms with E-state index < -0.39 is 18.8 Å². The molecule has 1 fully saturated rings. The second-order valence-corrected chi connectivity index (χ2v) is 7.98. The monoisotopic (exact) mass is 409 g/mol. The van der Waals surface area contributed by atoms with Crippen molar-refractivity contribution >= 4 is 28.6 Å². The number of alkyl halides is 3. The normalized spacial score (nSPS) is 17.2. The molecule has 1 aliphatic heterocycles. The number of rotatable bonds is 4. The third-order valence-corrected chi connectivity index (χ3v) is 4.40. The standard InChI is InChI=1S/C20H22F3N3OS/c1-19(2,3)12-8-5-9-13-24-17-25(14-20(21,22)23)18(27)26(15-28-17)16-10-6-4-7-11-16/h4-7,9-11H,13-15H2,1-3H3. The molecule has 150 valence electrons. The Balaban J connectivity index is 2.15. The van der Waals surface area contributed by atoms with Crippen LogP contribution in [0.2, 0.25) is 0 Å². The van der Waals surface area contributed by atoms with Gasteiger partial charge in [-0.25, -0.2) is 4.79 Å². The zero-order valence-electron chi connectivity index (χ0n) is 16.0. The number of thioether (sulfide) groups is 1. The van der Waals surface area contributed by atoms with Crippen LogP contribution in [-0.2, 0) is 0 Å². The summed E-state index contributed by atoms with van der Waals surface area (Å²) in [5.74, 6) is 6.09. The van der Waals surface area contributed by atoms with Crippen molar-refractivity contribution in [1.82, 2.24) is 4.90 Å². The van der Waals surface area contributed by atoms with Crippen LogP contribution < -0.4 is 4.90 Å². The van der Waals surface area contributed by atoms with Crippen LogP contribution in [0, 0.1) is 17.3 Å². The first-order chi connectivity index (χ1) is 13.1. The number of carbonyl (C=O) groups is 1. The van der Waals surface area contributed by atoms with Gasteiger partial charge in [0.05, 0.1) is 12.4 Å². The molecule has 1 aromatic carbocycles. The Labute approximate surface area is 167 Å². The lowest BCUT2D eigenvalue weighted by Crippen LogP contribution is -2.53.